The standard InChI is InChI=1S/C22H20F2N6/c1-30-13-17(12-27-30)29-21-9-16(4-3-15(21)11-26)28-20-6-7-22(23,24)19-8-14(10-25)2-5-18(19)20/h2-5,8-9,11-13,20,26,28-29H,6-7H2,1H3. The summed E-state index contributed by atoms with van der Waals surface area (Å²) >= 11 is 0. The number of aryl methyl sites for hydroxylation is 1. The summed E-state index contributed by atoms with van der Waals surface area (Å²) in [6.45, 7) is 0. The van der Waals surface area contributed by atoms with Crippen LogP contribution in [0, 0.1) is 16.7 Å². The van der Waals surface area contributed by atoms with Crippen LogP contribution < -0.4 is 10.6 Å². The molecule has 3 N–H and O–H groups in total. The third-order valence-corrected chi connectivity index (χ3v) is 5.23. The number of halogens is 2. The molecule has 0 radical (unpaired) electrons. The van der Waals surface area contributed by atoms with Gasteiger partial charge in [0.1, 0.15) is 0 Å². The minimum Gasteiger partial charge on any atom is -0.378 e. The van der Waals surface area contributed by atoms with Crippen molar-refractivity contribution in [1.82, 2.24) is 9.78 Å². The quantitative estimate of drug-likeness (QED) is 0.516. The third-order valence-electron chi connectivity index (χ3n) is 5.23. The second-order valence-electron chi connectivity index (χ2n) is 7.33. The van der Waals surface area contributed by atoms with E-state index in [1.54, 1.807) is 29.1 Å². The smallest absolute Gasteiger partial charge is 0.273 e. The molecule has 2 aromatic carbocycles. The summed E-state index contributed by atoms with van der Waals surface area (Å²) in [5.41, 5.74) is 3.58. The molecule has 152 valence electrons. The zero-order chi connectivity index (χ0) is 21.3. The molecule has 3 aromatic rings. The molecule has 0 saturated carbocycles. The van der Waals surface area contributed by atoms with Gasteiger partial charge in [-0.3, -0.25) is 4.68 Å². The van der Waals surface area contributed by atoms with E-state index in [0.717, 1.165) is 11.4 Å². The molecule has 0 saturated heterocycles. The van der Waals surface area contributed by atoms with Gasteiger partial charge in [0.05, 0.1) is 29.6 Å². The normalized spacial score (nSPS) is 16.9. The van der Waals surface area contributed by atoms with Gasteiger partial charge in [0.15, 0.2) is 0 Å². The zero-order valence-corrected chi connectivity index (χ0v) is 16.3. The van der Waals surface area contributed by atoms with E-state index in [0.29, 0.717) is 16.8 Å². The van der Waals surface area contributed by atoms with E-state index >= 15 is 0 Å². The first kappa shape index (κ1) is 19.6. The van der Waals surface area contributed by atoms with Crippen LogP contribution >= 0.6 is 0 Å². The minimum absolute atomic E-state index is 0.0879. The molecular formula is C22H20F2N6. The highest BCUT2D eigenvalue weighted by atomic mass is 19.3. The molecule has 1 unspecified atom stereocenters. The van der Waals surface area contributed by atoms with E-state index in [4.69, 9.17) is 10.7 Å². The Balaban J connectivity index is 1.64. The number of nitrogens with zero attached hydrogens (tertiary/aromatic N) is 3. The van der Waals surface area contributed by atoms with Crippen LogP contribution in [0.15, 0.2) is 48.8 Å². The lowest BCUT2D eigenvalue weighted by Crippen LogP contribution is -2.27. The maximum Gasteiger partial charge on any atom is 0.273 e. The number of hydrogen-bond donors (Lipinski definition) is 3. The van der Waals surface area contributed by atoms with Gasteiger partial charge >= 0.3 is 0 Å². The lowest BCUT2D eigenvalue weighted by atomic mass is 9.84. The largest absolute Gasteiger partial charge is 0.378 e. The molecule has 0 amide bonds. The Hall–Kier alpha value is -3.73. The van der Waals surface area contributed by atoms with Crippen LogP contribution in [0.25, 0.3) is 0 Å². The van der Waals surface area contributed by atoms with Gasteiger partial charge in [0.25, 0.3) is 5.92 Å². The van der Waals surface area contributed by atoms with Crippen molar-refractivity contribution in [2.45, 2.75) is 24.8 Å². The summed E-state index contributed by atoms with van der Waals surface area (Å²) in [5, 5.41) is 27.4. The predicted octanol–water partition coefficient (Wildman–Crippen LogP) is 5.07. The minimum atomic E-state index is -2.95. The van der Waals surface area contributed by atoms with E-state index in [2.05, 4.69) is 15.7 Å². The van der Waals surface area contributed by atoms with E-state index in [9.17, 15) is 8.78 Å². The van der Waals surface area contributed by atoms with Gasteiger partial charge in [-0.15, -0.1) is 0 Å². The number of benzene rings is 2. The fourth-order valence-corrected chi connectivity index (χ4v) is 3.73. The van der Waals surface area contributed by atoms with Gasteiger partial charge in [-0.05, 0) is 42.3 Å². The first-order valence-corrected chi connectivity index (χ1v) is 9.49. The summed E-state index contributed by atoms with van der Waals surface area (Å²) in [6.07, 6.45) is 4.73. The Kier molecular flexibility index (Phi) is 4.96. The Morgan fingerprint density at radius 3 is 2.80 bits per heavy atom. The van der Waals surface area contributed by atoms with E-state index in [-0.39, 0.29) is 30.0 Å². The topological polar surface area (TPSA) is 89.5 Å². The number of nitrogens with one attached hydrogen (secondary N) is 3. The molecule has 30 heavy (non-hydrogen) atoms. The van der Waals surface area contributed by atoms with Gasteiger partial charge < -0.3 is 16.0 Å². The van der Waals surface area contributed by atoms with Crippen molar-refractivity contribution in [2.24, 2.45) is 7.05 Å². The average Bonchev–Trinajstić information content (AvgIpc) is 3.15. The maximum absolute atomic E-state index is 14.5. The fraction of sp³-hybridized carbons (Fsp3) is 0.227. The molecule has 1 aromatic heterocycles. The molecule has 0 fully saturated rings. The second kappa shape index (κ2) is 7.59. The zero-order valence-electron chi connectivity index (χ0n) is 16.3. The molecule has 1 aliphatic carbocycles. The lowest BCUT2D eigenvalue weighted by Gasteiger charge is -2.32. The van der Waals surface area contributed by atoms with Crippen molar-refractivity contribution >= 4 is 23.3 Å². The number of fused-ring (bicyclic) bond motifs is 1. The van der Waals surface area contributed by atoms with Crippen LogP contribution in [-0.4, -0.2) is 16.0 Å². The molecule has 6 nitrogen and oxygen atoms in total. The van der Waals surface area contributed by atoms with Crippen LogP contribution in [0.1, 0.15) is 41.1 Å². The highest BCUT2D eigenvalue weighted by Crippen LogP contribution is 2.45. The molecule has 1 atom stereocenters. The average molecular weight is 406 g/mol. The van der Waals surface area contributed by atoms with Crippen LogP contribution in [-0.2, 0) is 13.0 Å². The molecule has 0 spiro atoms. The van der Waals surface area contributed by atoms with Gasteiger partial charge in [-0.1, -0.05) is 6.07 Å². The van der Waals surface area contributed by atoms with Crippen molar-refractivity contribution in [3.8, 4) is 6.07 Å². The van der Waals surface area contributed by atoms with Gasteiger partial charge in [0, 0.05) is 48.4 Å². The van der Waals surface area contributed by atoms with E-state index in [1.165, 1.54) is 12.3 Å². The first-order chi connectivity index (χ1) is 14.4. The molecule has 1 heterocycles. The molecule has 4 rings (SSSR count). The summed E-state index contributed by atoms with van der Waals surface area (Å²) in [5.74, 6) is -2.95. The summed E-state index contributed by atoms with van der Waals surface area (Å²) in [4.78, 5) is 0. The number of anilines is 3. The second-order valence-corrected chi connectivity index (χ2v) is 7.33. The first-order valence-electron chi connectivity index (χ1n) is 9.49. The summed E-state index contributed by atoms with van der Waals surface area (Å²) in [7, 11) is 1.81. The van der Waals surface area contributed by atoms with Crippen molar-refractivity contribution < 1.29 is 8.78 Å². The van der Waals surface area contributed by atoms with E-state index in [1.807, 2.05) is 31.4 Å². The Morgan fingerprint density at radius 1 is 1.27 bits per heavy atom. The fourth-order valence-electron chi connectivity index (χ4n) is 3.73. The van der Waals surface area contributed by atoms with Gasteiger partial charge in [-0.2, -0.15) is 10.4 Å². The molecule has 8 heteroatoms. The van der Waals surface area contributed by atoms with Crippen molar-refractivity contribution in [1.29, 1.82) is 10.7 Å². The monoisotopic (exact) mass is 406 g/mol. The lowest BCUT2D eigenvalue weighted by molar-refractivity contribution is -0.0241. The highest BCUT2D eigenvalue weighted by Gasteiger charge is 2.40. The van der Waals surface area contributed by atoms with E-state index < -0.39 is 5.92 Å². The van der Waals surface area contributed by atoms with Crippen LogP contribution in [0.5, 0.6) is 0 Å². The van der Waals surface area contributed by atoms with Gasteiger partial charge in [-0.25, -0.2) is 8.78 Å². The molecule has 0 aliphatic heterocycles. The van der Waals surface area contributed by atoms with Crippen molar-refractivity contribution in [3.63, 3.8) is 0 Å². The molecule has 0 bridgehead atoms. The van der Waals surface area contributed by atoms with Crippen LogP contribution in [0.4, 0.5) is 25.8 Å². The SMILES string of the molecule is Cn1cc(Nc2cc(NC3CCC(F)(F)c4cc(C#N)ccc43)ccc2C=N)cn1. The Bertz CT molecular complexity index is 1140. The van der Waals surface area contributed by atoms with Crippen LogP contribution in [0.3, 0.4) is 0 Å². The molecular weight excluding hydrogens is 386 g/mol. The van der Waals surface area contributed by atoms with Crippen molar-refractivity contribution in [2.75, 3.05) is 10.6 Å². The summed E-state index contributed by atoms with van der Waals surface area (Å²) < 4.78 is 30.6. The third kappa shape index (κ3) is 3.74. The summed E-state index contributed by atoms with van der Waals surface area (Å²) in [6, 6.07) is 11.6. The predicted molar refractivity (Wildman–Crippen MR) is 111 cm³/mol. The number of alkyl halides is 2. The number of hydrogen-bond acceptors (Lipinski definition) is 5. The number of rotatable bonds is 5. The maximum atomic E-state index is 14.5. The van der Waals surface area contributed by atoms with Crippen molar-refractivity contribution in [3.05, 3.63) is 71.0 Å². The van der Waals surface area contributed by atoms with Gasteiger partial charge in [0.2, 0.25) is 0 Å². The Labute approximate surface area is 172 Å². The number of nitriles is 1. The Morgan fingerprint density at radius 2 is 2.10 bits per heavy atom. The molecule has 1 aliphatic rings. The number of aromatic nitrogens is 2. The van der Waals surface area contributed by atoms with Crippen LogP contribution in [0.2, 0.25) is 0 Å². The highest BCUT2D eigenvalue weighted by molar-refractivity contribution is 5.88.